The van der Waals surface area contributed by atoms with E-state index in [9.17, 15) is 14.4 Å². The number of nitrogens with zero attached hydrogens (tertiary/aromatic N) is 1. The normalized spacial score (nSPS) is 11.3. The van der Waals surface area contributed by atoms with Gasteiger partial charge in [0, 0.05) is 12.5 Å². The van der Waals surface area contributed by atoms with Gasteiger partial charge in [-0.05, 0) is 30.0 Å². The number of aromatic nitrogens is 1. The van der Waals surface area contributed by atoms with Crippen LogP contribution in [0.1, 0.15) is 40.7 Å². The number of aryl methyl sites for hydroxylation is 1. The number of alkyl carbamates (subject to hydrolysis) is 1. The van der Waals surface area contributed by atoms with Gasteiger partial charge in [-0.1, -0.05) is 60.7 Å². The second kappa shape index (κ2) is 13.5. The van der Waals surface area contributed by atoms with Crippen molar-refractivity contribution in [1.29, 1.82) is 0 Å². The summed E-state index contributed by atoms with van der Waals surface area (Å²) in [6, 6.07) is 21.2. The van der Waals surface area contributed by atoms with Gasteiger partial charge in [0.15, 0.2) is 12.4 Å². The molecule has 182 valence electrons. The highest BCUT2D eigenvalue weighted by Crippen LogP contribution is 2.08. The number of nitrogens with two attached hydrogens (primary N) is 1. The number of esters is 1. The maximum Gasteiger partial charge on any atom is 0.408 e. The number of unbranched alkanes of at least 4 members (excludes halogenated alkanes) is 1. The van der Waals surface area contributed by atoms with E-state index in [4.69, 9.17) is 15.2 Å². The van der Waals surface area contributed by atoms with Gasteiger partial charge in [-0.25, -0.2) is 14.2 Å². The number of hydrogen-bond acceptors (Lipinski definition) is 5. The lowest BCUT2D eigenvalue weighted by molar-refractivity contribution is -0.697. The highest BCUT2D eigenvalue weighted by atomic mass is 16.6. The Morgan fingerprint density at radius 3 is 2.09 bits per heavy atom. The number of primary amides is 1. The summed E-state index contributed by atoms with van der Waals surface area (Å²) in [5.41, 5.74) is 7.47. The van der Waals surface area contributed by atoms with Crippen molar-refractivity contribution >= 4 is 18.0 Å². The molecule has 3 rings (SSSR count). The number of benzene rings is 2. The highest BCUT2D eigenvalue weighted by molar-refractivity contribution is 5.92. The average Bonchev–Trinajstić information content (AvgIpc) is 2.89. The Balaban J connectivity index is 1.53. The first-order valence-corrected chi connectivity index (χ1v) is 11.5. The maximum absolute atomic E-state index is 12.8. The van der Waals surface area contributed by atoms with E-state index in [0.29, 0.717) is 24.9 Å². The molecule has 0 aliphatic rings. The molecule has 0 aliphatic carbocycles. The van der Waals surface area contributed by atoms with Crippen LogP contribution in [0.2, 0.25) is 0 Å². The van der Waals surface area contributed by atoms with Crippen LogP contribution in [0.25, 0.3) is 0 Å². The number of carbonyl (C=O) groups is 3. The van der Waals surface area contributed by atoms with Crippen molar-refractivity contribution in [2.24, 2.45) is 5.73 Å². The summed E-state index contributed by atoms with van der Waals surface area (Å²) in [6.45, 7) is 0.851. The van der Waals surface area contributed by atoms with Crippen molar-refractivity contribution in [2.75, 3.05) is 0 Å². The van der Waals surface area contributed by atoms with Crippen LogP contribution < -0.4 is 15.6 Å². The Morgan fingerprint density at radius 1 is 0.829 bits per heavy atom. The molecule has 1 heterocycles. The fourth-order valence-electron chi connectivity index (χ4n) is 3.43. The summed E-state index contributed by atoms with van der Waals surface area (Å²) in [5, 5.41) is 2.64. The van der Waals surface area contributed by atoms with Gasteiger partial charge in [0.25, 0.3) is 5.91 Å². The van der Waals surface area contributed by atoms with E-state index in [1.165, 1.54) is 0 Å². The third-order valence-corrected chi connectivity index (χ3v) is 5.32. The number of rotatable bonds is 12. The van der Waals surface area contributed by atoms with Gasteiger partial charge in [0.1, 0.15) is 31.4 Å². The Hall–Kier alpha value is -4.20. The van der Waals surface area contributed by atoms with Gasteiger partial charge in [0.05, 0.1) is 0 Å². The molecule has 3 N–H and O–H groups in total. The average molecular weight is 477 g/mol. The minimum atomic E-state index is -0.844. The zero-order valence-electron chi connectivity index (χ0n) is 19.5. The Morgan fingerprint density at radius 2 is 1.46 bits per heavy atom. The van der Waals surface area contributed by atoms with Crippen molar-refractivity contribution in [2.45, 2.75) is 45.1 Å². The predicted molar refractivity (Wildman–Crippen MR) is 129 cm³/mol. The molecule has 0 saturated heterocycles. The van der Waals surface area contributed by atoms with E-state index in [1.807, 2.05) is 71.4 Å². The monoisotopic (exact) mass is 476 g/mol. The van der Waals surface area contributed by atoms with Crippen LogP contribution in [-0.2, 0) is 34.0 Å². The standard InChI is InChI=1S/C27H29N3O5/c28-25(31)23-14-9-17-30(18-23)16-8-7-15-24(26(32)34-19-21-10-3-1-4-11-21)29-27(33)35-20-22-12-5-2-6-13-22/h1-6,9-14,17-18,24H,7-8,15-16,19-20H2,(H2-,28,29,31,33)/p+1/t24-/m0/s1. The third-order valence-electron chi connectivity index (χ3n) is 5.32. The molecule has 3 aromatic rings. The van der Waals surface area contributed by atoms with E-state index < -0.39 is 24.0 Å². The van der Waals surface area contributed by atoms with E-state index >= 15 is 0 Å². The Kier molecular flexibility index (Phi) is 9.80. The topological polar surface area (TPSA) is 112 Å². The van der Waals surface area contributed by atoms with Crippen LogP contribution in [0.15, 0.2) is 85.2 Å². The second-order valence-corrected chi connectivity index (χ2v) is 8.04. The predicted octanol–water partition coefficient (Wildman–Crippen LogP) is 3.28. The van der Waals surface area contributed by atoms with Gasteiger partial charge < -0.3 is 20.5 Å². The molecule has 0 bridgehead atoms. The summed E-state index contributed by atoms with van der Waals surface area (Å²) in [6.07, 6.45) is 4.58. The van der Waals surface area contributed by atoms with Crippen LogP contribution in [0, 0.1) is 0 Å². The van der Waals surface area contributed by atoms with Gasteiger partial charge in [-0.3, -0.25) is 4.79 Å². The van der Waals surface area contributed by atoms with E-state index in [0.717, 1.165) is 17.5 Å². The lowest BCUT2D eigenvalue weighted by atomic mass is 10.1. The molecule has 0 aliphatic heterocycles. The number of pyridine rings is 1. The molecule has 2 aromatic carbocycles. The van der Waals surface area contributed by atoms with Gasteiger partial charge in [-0.15, -0.1) is 0 Å². The molecule has 0 fully saturated rings. The quantitative estimate of drug-likeness (QED) is 0.237. The van der Waals surface area contributed by atoms with Crippen molar-refractivity contribution in [3.05, 3.63) is 102 Å². The molecular formula is C27H30N3O5+. The highest BCUT2D eigenvalue weighted by Gasteiger charge is 2.23. The molecule has 8 nitrogen and oxygen atoms in total. The molecule has 1 atom stereocenters. The first-order chi connectivity index (χ1) is 17.0. The number of hydrogen-bond donors (Lipinski definition) is 2. The lowest BCUT2D eigenvalue weighted by Gasteiger charge is -2.17. The Bertz CT molecular complexity index is 1110. The van der Waals surface area contributed by atoms with Crippen LogP contribution >= 0.6 is 0 Å². The smallest absolute Gasteiger partial charge is 0.408 e. The minimum Gasteiger partial charge on any atom is -0.459 e. The molecular weight excluding hydrogens is 446 g/mol. The van der Waals surface area contributed by atoms with Crippen molar-refractivity contribution in [3.63, 3.8) is 0 Å². The molecule has 8 heteroatoms. The van der Waals surface area contributed by atoms with Crippen molar-refractivity contribution in [3.8, 4) is 0 Å². The molecule has 1 aromatic heterocycles. The first kappa shape index (κ1) is 25.4. The van der Waals surface area contributed by atoms with Crippen LogP contribution in [-0.4, -0.2) is 24.0 Å². The molecule has 0 unspecified atom stereocenters. The SMILES string of the molecule is NC(=O)c1ccc[n+](CCCC[C@H](NC(=O)OCc2ccccc2)C(=O)OCc2ccccc2)c1. The zero-order chi connectivity index (χ0) is 24.9. The number of ether oxygens (including phenoxy) is 2. The van der Waals surface area contributed by atoms with Gasteiger partial charge in [0.2, 0.25) is 0 Å². The second-order valence-electron chi connectivity index (χ2n) is 8.04. The van der Waals surface area contributed by atoms with Crippen LogP contribution in [0.5, 0.6) is 0 Å². The van der Waals surface area contributed by atoms with Crippen LogP contribution in [0.4, 0.5) is 4.79 Å². The number of nitrogens with one attached hydrogen (secondary N) is 1. The summed E-state index contributed by atoms with van der Waals surface area (Å²) in [7, 11) is 0. The van der Waals surface area contributed by atoms with Crippen molar-refractivity contribution in [1.82, 2.24) is 5.32 Å². The van der Waals surface area contributed by atoms with E-state index in [2.05, 4.69) is 5.32 Å². The lowest BCUT2D eigenvalue weighted by Crippen LogP contribution is -2.42. The fraction of sp³-hybridized carbons (Fsp3) is 0.259. The number of carbonyl (C=O) groups excluding carboxylic acids is 3. The molecule has 0 saturated carbocycles. The molecule has 0 radical (unpaired) electrons. The third kappa shape index (κ3) is 8.92. The zero-order valence-corrected chi connectivity index (χ0v) is 19.5. The van der Waals surface area contributed by atoms with E-state index in [1.54, 1.807) is 18.3 Å². The molecule has 0 spiro atoms. The largest absolute Gasteiger partial charge is 0.459 e. The summed E-state index contributed by atoms with van der Waals surface area (Å²) < 4.78 is 12.6. The summed E-state index contributed by atoms with van der Waals surface area (Å²) in [5.74, 6) is -1.01. The maximum atomic E-state index is 12.8. The van der Waals surface area contributed by atoms with Gasteiger partial charge >= 0.3 is 12.1 Å². The Labute approximate surface area is 204 Å². The van der Waals surface area contributed by atoms with Crippen LogP contribution in [0.3, 0.4) is 0 Å². The van der Waals surface area contributed by atoms with E-state index in [-0.39, 0.29) is 13.2 Å². The minimum absolute atomic E-state index is 0.102. The first-order valence-electron chi connectivity index (χ1n) is 11.5. The number of amides is 2. The summed E-state index contributed by atoms with van der Waals surface area (Å²) >= 11 is 0. The summed E-state index contributed by atoms with van der Waals surface area (Å²) in [4.78, 5) is 36.5. The molecule has 35 heavy (non-hydrogen) atoms. The molecule has 2 amide bonds. The fourth-order valence-corrected chi connectivity index (χ4v) is 3.43. The van der Waals surface area contributed by atoms with Gasteiger partial charge in [-0.2, -0.15) is 0 Å². The van der Waals surface area contributed by atoms with Crippen molar-refractivity contribution < 1.29 is 28.4 Å².